The van der Waals surface area contributed by atoms with Crippen molar-refractivity contribution < 1.29 is 12.8 Å². The van der Waals surface area contributed by atoms with Crippen molar-refractivity contribution in [2.45, 2.75) is 4.90 Å². The molecule has 1 aromatic heterocycles. The number of hydrogen-bond acceptors (Lipinski definition) is 3. The van der Waals surface area contributed by atoms with Gasteiger partial charge in [0.25, 0.3) is 10.0 Å². The van der Waals surface area contributed by atoms with Crippen LogP contribution in [0, 0.1) is 5.82 Å². The Morgan fingerprint density at radius 2 is 2.05 bits per heavy atom. The van der Waals surface area contributed by atoms with E-state index < -0.39 is 15.8 Å². The number of anilines is 1. The lowest BCUT2D eigenvalue weighted by molar-refractivity contribution is 0.599. The monoisotopic (exact) mass is 369 g/mol. The molecule has 0 atom stereocenters. The second-order valence-electron chi connectivity index (χ2n) is 4.32. The second kappa shape index (κ2) is 5.12. The zero-order valence-electron chi connectivity index (χ0n) is 10.5. The highest BCUT2D eigenvalue weighted by molar-refractivity contribution is 9.10. The number of benzene rings is 2. The van der Waals surface area contributed by atoms with Crippen LogP contribution < -0.4 is 4.72 Å². The standard InChI is InChI=1S/C13H9BrFN3O2S/c14-10-6-8(15)4-5-13(10)21(19,20)18-12-3-1-2-11-9(12)7-16-17-11/h1-7,18H,(H,16,17). The second-order valence-corrected chi connectivity index (χ2v) is 6.82. The number of nitrogens with zero attached hydrogens (tertiary/aromatic N) is 1. The van der Waals surface area contributed by atoms with Crippen molar-refractivity contribution in [1.29, 1.82) is 0 Å². The van der Waals surface area contributed by atoms with Crippen LogP contribution in [0.3, 0.4) is 0 Å². The van der Waals surface area contributed by atoms with E-state index in [9.17, 15) is 12.8 Å². The summed E-state index contributed by atoms with van der Waals surface area (Å²) >= 11 is 3.06. The zero-order chi connectivity index (χ0) is 15.0. The molecular weight excluding hydrogens is 361 g/mol. The first-order valence-corrected chi connectivity index (χ1v) is 8.15. The Morgan fingerprint density at radius 3 is 2.81 bits per heavy atom. The van der Waals surface area contributed by atoms with Gasteiger partial charge < -0.3 is 0 Å². The van der Waals surface area contributed by atoms with Gasteiger partial charge in [-0.1, -0.05) is 6.07 Å². The highest BCUT2D eigenvalue weighted by atomic mass is 79.9. The van der Waals surface area contributed by atoms with E-state index in [2.05, 4.69) is 30.8 Å². The number of nitrogens with one attached hydrogen (secondary N) is 2. The van der Waals surface area contributed by atoms with E-state index in [0.29, 0.717) is 16.6 Å². The summed E-state index contributed by atoms with van der Waals surface area (Å²) in [5, 5.41) is 7.29. The molecule has 21 heavy (non-hydrogen) atoms. The first-order valence-electron chi connectivity index (χ1n) is 5.87. The first kappa shape index (κ1) is 14.0. The fraction of sp³-hybridized carbons (Fsp3) is 0. The van der Waals surface area contributed by atoms with Crippen LogP contribution in [0.25, 0.3) is 10.9 Å². The number of sulfonamides is 1. The Bertz CT molecular complexity index is 924. The summed E-state index contributed by atoms with van der Waals surface area (Å²) in [6, 6.07) is 8.53. The molecule has 0 bridgehead atoms. The summed E-state index contributed by atoms with van der Waals surface area (Å²) in [6.45, 7) is 0. The number of hydrogen-bond donors (Lipinski definition) is 2. The van der Waals surface area contributed by atoms with Gasteiger partial charge in [0.1, 0.15) is 10.7 Å². The lowest BCUT2D eigenvalue weighted by atomic mass is 10.2. The minimum Gasteiger partial charge on any atom is -0.279 e. The van der Waals surface area contributed by atoms with Gasteiger partial charge in [-0.2, -0.15) is 5.10 Å². The van der Waals surface area contributed by atoms with Crippen LogP contribution in [0.15, 0.2) is 52.0 Å². The summed E-state index contributed by atoms with van der Waals surface area (Å²) in [5.41, 5.74) is 1.12. The maximum Gasteiger partial charge on any atom is 0.263 e. The van der Waals surface area contributed by atoms with Crippen LogP contribution in [-0.4, -0.2) is 18.6 Å². The third-order valence-electron chi connectivity index (χ3n) is 2.91. The number of rotatable bonds is 3. The minimum atomic E-state index is -3.84. The molecule has 0 aliphatic carbocycles. The molecule has 0 spiro atoms. The van der Waals surface area contributed by atoms with E-state index in [1.807, 2.05) is 0 Å². The molecule has 0 fully saturated rings. The lowest BCUT2D eigenvalue weighted by Crippen LogP contribution is -2.13. The fourth-order valence-corrected chi connectivity index (χ4v) is 4.08. The average molecular weight is 370 g/mol. The van der Waals surface area contributed by atoms with Crippen molar-refractivity contribution in [1.82, 2.24) is 10.2 Å². The number of H-pyrrole nitrogens is 1. The third kappa shape index (κ3) is 2.64. The molecule has 0 saturated carbocycles. The van der Waals surface area contributed by atoms with Gasteiger partial charge in [0.15, 0.2) is 0 Å². The quantitative estimate of drug-likeness (QED) is 0.743. The van der Waals surface area contributed by atoms with Gasteiger partial charge in [0.2, 0.25) is 0 Å². The van der Waals surface area contributed by atoms with Gasteiger partial charge in [-0.15, -0.1) is 0 Å². The largest absolute Gasteiger partial charge is 0.279 e. The Kier molecular flexibility index (Phi) is 3.42. The highest BCUT2D eigenvalue weighted by Gasteiger charge is 2.19. The normalized spacial score (nSPS) is 11.7. The summed E-state index contributed by atoms with van der Waals surface area (Å²) in [7, 11) is -3.84. The molecule has 8 heteroatoms. The molecule has 5 nitrogen and oxygen atoms in total. The van der Waals surface area contributed by atoms with E-state index in [1.54, 1.807) is 18.2 Å². The molecule has 0 aliphatic heterocycles. The molecule has 1 heterocycles. The summed E-state index contributed by atoms with van der Waals surface area (Å²) < 4.78 is 40.5. The van der Waals surface area contributed by atoms with E-state index in [4.69, 9.17) is 0 Å². The number of aromatic amines is 1. The molecule has 2 N–H and O–H groups in total. The van der Waals surface area contributed by atoms with Crippen LogP contribution in [0.4, 0.5) is 10.1 Å². The van der Waals surface area contributed by atoms with Crippen LogP contribution in [0.5, 0.6) is 0 Å². The smallest absolute Gasteiger partial charge is 0.263 e. The van der Waals surface area contributed by atoms with Crippen molar-refractivity contribution in [3.05, 3.63) is 52.9 Å². The van der Waals surface area contributed by atoms with Crippen molar-refractivity contribution in [2.75, 3.05) is 4.72 Å². The molecule has 0 saturated heterocycles. The third-order valence-corrected chi connectivity index (χ3v) is 5.25. The fourth-order valence-electron chi connectivity index (χ4n) is 1.95. The Hall–Kier alpha value is -1.93. The molecule has 2 aromatic carbocycles. The highest BCUT2D eigenvalue weighted by Crippen LogP contribution is 2.27. The number of fused-ring (bicyclic) bond motifs is 1. The van der Waals surface area contributed by atoms with Gasteiger partial charge in [0, 0.05) is 9.86 Å². The molecule has 108 valence electrons. The molecule has 0 aliphatic rings. The van der Waals surface area contributed by atoms with Crippen molar-refractivity contribution in [3.8, 4) is 0 Å². The molecule has 0 radical (unpaired) electrons. The van der Waals surface area contributed by atoms with Gasteiger partial charge >= 0.3 is 0 Å². The van der Waals surface area contributed by atoms with Crippen LogP contribution in [0.2, 0.25) is 0 Å². The predicted molar refractivity (Wildman–Crippen MR) is 81.0 cm³/mol. The van der Waals surface area contributed by atoms with Crippen LogP contribution in [0.1, 0.15) is 0 Å². The van der Waals surface area contributed by atoms with E-state index in [1.165, 1.54) is 12.3 Å². The predicted octanol–water partition coefficient (Wildman–Crippen LogP) is 3.27. The zero-order valence-corrected chi connectivity index (χ0v) is 12.9. The van der Waals surface area contributed by atoms with Crippen molar-refractivity contribution in [2.24, 2.45) is 0 Å². The Labute approximate surface area is 128 Å². The van der Waals surface area contributed by atoms with E-state index in [-0.39, 0.29) is 9.37 Å². The van der Waals surface area contributed by atoms with Gasteiger partial charge in [-0.3, -0.25) is 9.82 Å². The lowest BCUT2D eigenvalue weighted by Gasteiger charge is -2.10. The minimum absolute atomic E-state index is 0.0376. The molecule has 3 rings (SSSR count). The number of halogens is 2. The van der Waals surface area contributed by atoms with Gasteiger partial charge in [0.05, 0.1) is 17.4 Å². The Balaban J connectivity index is 2.05. The maximum atomic E-state index is 13.1. The first-order chi connectivity index (χ1) is 9.97. The molecule has 3 aromatic rings. The molecule has 0 unspecified atom stereocenters. The van der Waals surface area contributed by atoms with Gasteiger partial charge in [-0.25, -0.2) is 12.8 Å². The molecule has 0 amide bonds. The molecular formula is C13H9BrFN3O2S. The maximum absolute atomic E-state index is 13.1. The summed E-state index contributed by atoms with van der Waals surface area (Å²) in [4.78, 5) is -0.0376. The average Bonchev–Trinajstić information content (AvgIpc) is 2.87. The van der Waals surface area contributed by atoms with Crippen molar-refractivity contribution >= 4 is 42.5 Å². The van der Waals surface area contributed by atoms with E-state index in [0.717, 1.165) is 12.1 Å². The topological polar surface area (TPSA) is 74.8 Å². The summed E-state index contributed by atoms with van der Waals surface area (Å²) in [6.07, 6.45) is 1.53. The number of aromatic nitrogens is 2. The van der Waals surface area contributed by atoms with Crippen molar-refractivity contribution in [3.63, 3.8) is 0 Å². The Morgan fingerprint density at radius 1 is 1.24 bits per heavy atom. The SMILES string of the molecule is O=S(=O)(Nc1cccc2[nH]ncc12)c1ccc(F)cc1Br. The summed E-state index contributed by atoms with van der Waals surface area (Å²) in [5.74, 6) is -0.516. The van der Waals surface area contributed by atoms with Crippen LogP contribution in [-0.2, 0) is 10.0 Å². The van der Waals surface area contributed by atoms with Gasteiger partial charge in [-0.05, 0) is 46.3 Å². The van der Waals surface area contributed by atoms with Crippen LogP contribution >= 0.6 is 15.9 Å². The van der Waals surface area contributed by atoms with E-state index >= 15 is 0 Å².